The number of hydrogen-bond donors (Lipinski definition) is 0. The summed E-state index contributed by atoms with van der Waals surface area (Å²) < 4.78 is 33.3. The first kappa shape index (κ1) is 17.8. The van der Waals surface area contributed by atoms with Gasteiger partial charge in [-0.1, -0.05) is 0 Å². The predicted molar refractivity (Wildman–Crippen MR) is 90.1 cm³/mol. The Kier molecular flexibility index (Phi) is 5.53. The summed E-state index contributed by atoms with van der Waals surface area (Å²) in [4.78, 5) is 2.31. The molecular formula is C15H27N5O3S. The van der Waals surface area contributed by atoms with Crippen LogP contribution in [0.5, 0.6) is 0 Å². The molecule has 1 aromatic heterocycles. The van der Waals surface area contributed by atoms with Gasteiger partial charge in [-0.25, -0.2) is 12.7 Å². The monoisotopic (exact) mass is 357 g/mol. The Balaban J connectivity index is 1.70. The first-order valence-corrected chi connectivity index (χ1v) is 10.3. The van der Waals surface area contributed by atoms with Crippen molar-refractivity contribution >= 4 is 10.0 Å². The third-order valence-electron chi connectivity index (χ3n) is 4.97. The zero-order valence-corrected chi connectivity index (χ0v) is 15.3. The van der Waals surface area contributed by atoms with Gasteiger partial charge in [-0.15, -0.1) is 10.2 Å². The quantitative estimate of drug-likeness (QED) is 0.748. The summed E-state index contributed by atoms with van der Waals surface area (Å²) in [5.41, 5.74) is 0. The van der Waals surface area contributed by atoms with E-state index in [9.17, 15) is 8.42 Å². The van der Waals surface area contributed by atoms with E-state index in [-0.39, 0.29) is 11.7 Å². The number of rotatable bonds is 5. The Morgan fingerprint density at radius 2 is 1.96 bits per heavy atom. The molecule has 0 spiro atoms. The highest BCUT2D eigenvalue weighted by atomic mass is 32.2. The molecule has 2 fully saturated rings. The molecular weight excluding hydrogens is 330 g/mol. The minimum absolute atomic E-state index is 0.121. The molecule has 1 aromatic rings. The average molecular weight is 357 g/mol. The van der Waals surface area contributed by atoms with E-state index in [0.29, 0.717) is 13.1 Å². The molecule has 0 bridgehead atoms. The Morgan fingerprint density at radius 1 is 1.21 bits per heavy atom. The number of nitrogens with zero attached hydrogens (tertiary/aromatic N) is 5. The van der Waals surface area contributed by atoms with Crippen LogP contribution in [-0.4, -0.2) is 77.5 Å². The molecule has 9 heteroatoms. The SMILES string of the molecule is CCS(=O)(=O)N1CCCC(c2nnc(CN3CCOCC3)n2C)C1. The lowest BCUT2D eigenvalue weighted by molar-refractivity contribution is 0.0326. The van der Waals surface area contributed by atoms with Crippen LogP contribution in [0.1, 0.15) is 37.3 Å². The summed E-state index contributed by atoms with van der Waals surface area (Å²) in [6.07, 6.45) is 1.83. The number of sulfonamides is 1. The van der Waals surface area contributed by atoms with Gasteiger partial charge in [0, 0.05) is 39.1 Å². The summed E-state index contributed by atoms with van der Waals surface area (Å²) in [5.74, 6) is 2.11. The van der Waals surface area contributed by atoms with Crippen LogP contribution in [0.25, 0.3) is 0 Å². The lowest BCUT2D eigenvalue weighted by Crippen LogP contribution is -2.40. The highest BCUT2D eigenvalue weighted by Crippen LogP contribution is 2.27. The highest BCUT2D eigenvalue weighted by Gasteiger charge is 2.31. The summed E-state index contributed by atoms with van der Waals surface area (Å²) in [6.45, 7) is 6.93. The van der Waals surface area contributed by atoms with Gasteiger partial charge in [-0.05, 0) is 19.8 Å². The fourth-order valence-corrected chi connectivity index (χ4v) is 4.60. The largest absolute Gasteiger partial charge is 0.379 e. The van der Waals surface area contributed by atoms with Crippen LogP contribution in [0, 0.1) is 0 Å². The topological polar surface area (TPSA) is 80.6 Å². The predicted octanol–water partition coefficient (Wildman–Crippen LogP) is 0.176. The lowest BCUT2D eigenvalue weighted by Gasteiger charge is -2.31. The minimum Gasteiger partial charge on any atom is -0.379 e. The minimum atomic E-state index is -3.14. The summed E-state index contributed by atoms with van der Waals surface area (Å²) in [5, 5.41) is 8.74. The Bertz CT molecular complexity index is 654. The van der Waals surface area contributed by atoms with Gasteiger partial charge in [-0.2, -0.15) is 0 Å². The number of hydrogen-bond acceptors (Lipinski definition) is 6. The molecule has 0 amide bonds. The molecule has 0 aliphatic carbocycles. The van der Waals surface area contributed by atoms with Gasteiger partial charge in [0.05, 0.1) is 25.5 Å². The molecule has 24 heavy (non-hydrogen) atoms. The zero-order chi connectivity index (χ0) is 17.2. The molecule has 0 radical (unpaired) electrons. The second kappa shape index (κ2) is 7.47. The summed E-state index contributed by atoms with van der Waals surface area (Å²) in [6, 6.07) is 0. The van der Waals surface area contributed by atoms with Crippen molar-refractivity contribution in [3.8, 4) is 0 Å². The maximum atomic E-state index is 12.1. The van der Waals surface area contributed by atoms with Crippen LogP contribution in [0.2, 0.25) is 0 Å². The zero-order valence-electron chi connectivity index (χ0n) is 14.5. The normalized spacial score (nSPS) is 24.3. The van der Waals surface area contributed by atoms with Gasteiger partial charge in [0.1, 0.15) is 11.6 Å². The van der Waals surface area contributed by atoms with Crippen LogP contribution < -0.4 is 0 Å². The van der Waals surface area contributed by atoms with E-state index in [2.05, 4.69) is 15.1 Å². The van der Waals surface area contributed by atoms with E-state index < -0.39 is 10.0 Å². The van der Waals surface area contributed by atoms with Crippen LogP contribution in [-0.2, 0) is 28.4 Å². The first-order valence-electron chi connectivity index (χ1n) is 8.67. The maximum absolute atomic E-state index is 12.1. The molecule has 0 aromatic carbocycles. The molecule has 2 saturated heterocycles. The average Bonchev–Trinajstić information content (AvgIpc) is 2.96. The summed E-state index contributed by atoms with van der Waals surface area (Å²) in [7, 11) is -1.15. The third-order valence-corrected chi connectivity index (χ3v) is 6.82. The molecule has 2 aliphatic heterocycles. The number of aromatic nitrogens is 3. The number of morpholine rings is 1. The second-order valence-corrected chi connectivity index (χ2v) is 8.78. The molecule has 136 valence electrons. The third kappa shape index (κ3) is 3.79. The van der Waals surface area contributed by atoms with Crippen molar-refractivity contribution in [3.05, 3.63) is 11.6 Å². The van der Waals surface area contributed by atoms with Crippen molar-refractivity contribution in [2.75, 3.05) is 45.1 Å². The molecule has 8 nitrogen and oxygen atoms in total. The summed E-state index contributed by atoms with van der Waals surface area (Å²) >= 11 is 0. The van der Waals surface area contributed by atoms with Gasteiger partial charge >= 0.3 is 0 Å². The molecule has 3 heterocycles. The van der Waals surface area contributed by atoms with Crippen molar-refractivity contribution < 1.29 is 13.2 Å². The smallest absolute Gasteiger partial charge is 0.213 e. The molecule has 2 aliphatic rings. The molecule has 1 atom stereocenters. The number of piperidine rings is 1. The Hall–Kier alpha value is -1.03. The van der Waals surface area contributed by atoms with Crippen molar-refractivity contribution in [2.24, 2.45) is 7.05 Å². The standard InChI is InChI=1S/C15H27N5O3S/c1-3-24(21,22)20-6-4-5-13(11-20)15-17-16-14(18(15)2)12-19-7-9-23-10-8-19/h13H,3-12H2,1-2H3. The van der Waals surface area contributed by atoms with Crippen LogP contribution in [0.3, 0.4) is 0 Å². The van der Waals surface area contributed by atoms with Gasteiger partial charge < -0.3 is 9.30 Å². The van der Waals surface area contributed by atoms with Gasteiger partial charge in [0.2, 0.25) is 10.0 Å². The van der Waals surface area contributed by atoms with E-state index in [1.807, 2.05) is 11.6 Å². The van der Waals surface area contributed by atoms with Gasteiger partial charge in [0.15, 0.2) is 0 Å². The molecule has 1 unspecified atom stereocenters. The molecule has 3 rings (SSSR count). The van der Waals surface area contributed by atoms with Gasteiger partial charge in [0.25, 0.3) is 0 Å². The van der Waals surface area contributed by atoms with Crippen LogP contribution in [0.4, 0.5) is 0 Å². The highest BCUT2D eigenvalue weighted by molar-refractivity contribution is 7.89. The van der Waals surface area contributed by atoms with Crippen LogP contribution >= 0.6 is 0 Å². The molecule has 0 N–H and O–H groups in total. The fourth-order valence-electron chi connectivity index (χ4n) is 3.42. The Labute approximate surface area is 143 Å². The Morgan fingerprint density at radius 3 is 2.67 bits per heavy atom. The van der Waals surface area contributed by atoms with E-state index >= 15 is 0 Å². The number of ether oxygens (including phenoxy) is 1. The van der Waals surface area contributed by atoms with E-state index in [1.54, 1.807) is 11.2 Å². The van der Waals surface area contributed by atoms with E-state index in [4.69, 9.17) is 4.74 Å². The van der Waals surface area contributed by atoms with Gasteiger partial charge in [-0.3, -0.25) is 4.90 Å². The molecule has 0 saturated carbocycles. The maximum Gasteiger partial charge on any atom is 0.213 e. The van der Waals surface area contributed by atoms with E-state index in [0.717, 1.165) is 57.3 Å². The van der Waals surface area contributed by atoms with Crippen molar-refractivity contribution in [3.63, 3.8) is 0 Å². The van der Waals surface area contributed by atoms with Crippen LogP contribution in [0.15, 0.2) is 0 Å². The van der Waals surface area contributed by atoms with Crippen molar-refractivity contribution in [1.29, 1.82) is 0 Å². The van der Waals surface area contributed by atoms with Crippen molar-refractivity contribution in [2.45, 2.75) is 32.2 Å². The van der Waals surface area contributed by atoms with Crippen molar-refractivity contribution in [1.82, 2.24) is 24.0 Å². The lowest BCUT2D eigenvalue weighted by atomic mass is 9.99. The second-order valence-electron chi connectivity index (χ2n) is 6.52. The fraction of sp³-hybridized carbons (Fsp3) is 0.867. The first-order chi connectivity index (χ1) is 11.5. The van der Waals surface area contributed by atoms with E-state index in [1.165, 1.54) is 0 Å².